The topological polar surface area (TPSA) is 109 Å². The highest BCUT2D eigenvalue weighted by atomic mass is 32.1. The van der Waals surface area contributed by atoms with E-state index in [0.29, 0.717) is 11.4 Å². The van der Waals surface area contributed by atoms with Gasteiger partial charge >= 0.3 is 5.97 Å². The molecule has 4 rings (SSSR count). The minimum Gasteiger partial charge on any atom is -0.481 e. The Labute approximate surface area is 185 Å². The number of primary amides is 1. The van der Waals surface area contributed by atoms with Crippen LogP contribution in [0, 0.1) is 23.7 Å². The zero-order chi connectivity index (χ0) is 22.3. The molecule has 1 aromatic carbocycles. The molecule has 0 saturated heterocycles. The first-order chi connectivity index (χ1) is 14.8. The van der Waals surface area contributed by atoms with Gasteiger partial charge in [0.15, 0.2) is 0 Å². The van der Waals surface area contributed by atoms with Crippen LogP contribution in [0.25, 0.3) is 0 Å². The Balaban J connectivity index is 1.61. The molecule has 31 heavy (non-hydrogen) atoms. The lowest BCUT2D eigenvalue weighted by atomic mass is 9.79. The maximum Gasteiger partial charge on any atom is 0.307 e. The Morgan fingerprint density at radius 1 is 1.10 bits per heavy atom. The number of carbonyl (C=O) groups is 3. The van der Waals surface area contributed by atoms with Crippen LogP contribution in [0.5, 0.6) is 0 Å². The van der Waals surface area contributed by atoms with Crippen molar-refractivity contribution in [1.29, 1.82) is 0 Å². The van der Waals surface area contributed by atoms with Crippen molar-refractivity contribution in [3.8, 4) is 0 Å². The molecule has 4 N–H and O–H groups in total. The zero-order valence-electron chi connectivity index (χ0n) is 17.6. The van der Waals surface area contributed by atoms with Crippen molar-refractivity contribution in [2.24, 2.45) is 29.4 Å². The van der Waals surface area contributed by atoms with Gasteiger partial charge in [-0.05, 0) is 50.2 Å². The summed E-state index contributed by atoms with van der Waals surface area (Å²) < 4.78 is 0. The summed E-state index contributed by atoms with van der Waals surface area (Å²) >= 11 is 1.31. The number of allylic oxidation sites excluding steroid dienone is 2. The highest BCUT2D eigenvalue weighted by Gasteiger charge is 2.57. The van der Waals surface area contributed by atoms with Crippen molar-refractivity contribution in [2.75, 3.05) is 5.32 Å². The van der Waals surface area contributed by atoms with E-state index in [1.807, 2.05) is 44.2 Å². The molecular formula is C24H26N2O4S. The van der Waals surface area contributed by atoms with Gasteiger partial charge in [-0.3, -0.25) is 14.4 Å². The van der Waals surface area contributed by atoms with E-state index >= 15 is 0 Å². The first-order valence-corrected chi connectivity index (χ1v) is 11.3. The molecule has 2 aliphatic rings. The minimum atomic E-state index is -0.933. The normalized spacial score (nSPS) is 24.3. The SMILES string of the molecule is CC(C)=C1[C@H]2CC[C@H]1[C@@H](C(=O)O)[C@H]2C(=O)Nc1sc(Cc2ccccc2)cc1C(N)=O. The smallest absolute Gasteiger partial charge is 0.307 e. The lowest BCUT2D eigenvalue weighted by Crippen LogP contribution is -2.38. The van der Waals surface area contributed by atoms with Gasteiger partial charge in [0, 0.05) is 11.3 Å². The first kappa shape index (κ1) is 21.3. The third kappa shape index (κ3) is 3.90. The number of rotatable bonds is 6. The second kappa shape index (κ2) is 8.30. The van der Waals surface area contributed by atoms with Crippen molar-refractivity contribution in [3.05, 3.63) is 63.5 Å². The number of carboxylic acid groups (broad SMARTS) is 1. The molecule has 7 heteroatoms. The van der Waals surface area contributed by atoms with Gasteiger partial charge < -0.3 is 16.2 Å². The number of amides is 2. The maximum atomic E-state index is 13.3. The van der Waals surface area contributed by atoms with Gasteiger partial charge in [0.25, 0.3) is 5.91 Å². The van der Waals surface area contributed by atoms with Crippen LogP contribution in [0.15, 0.2) is 47.5 Å². The molecule has 0 radical (unpaired) electrons. The summed E-state index contributed by atoms with van der Waals surface area (Å²) in [7, 11) is 0. The predicted octanol–water partition coefficient (Wildman–Crippen LogP) is 4.07. The zero-order valence-corrected chi connectivity index (χ0v) is 18.4. The Hall–Kier alpha value is -2.93. The van der Waals surface area contributed by atoms with Gasteiger partial charge in [0.1, 0.15) is 5.00 Å². The summed E-state index contributed by atoms with van der Waals surface area (Å²) in [6, 6.07) is 11.5. The summed E-state index contributed by atoms with van der Waals surface area (Å²) in [5.74, 6) is -3.40. The van der Waals surface area contributed by atoms with E-state index in [1.54, 1.807) is 6.07 Å². The second-order valence-electron chi connectivity index (χ2n) is 8.61. The summed E-state index contributed by atoms with van der Waals surface area (Å²) in [4.78, 5) is 38.2. The van der Waals surface area contributed by atoms with Gasteiger partial charge in [-0.15, -0.1) is 11.3 Å². The van der Waals surface area contributed by atoms with Crippen molar-refractivity contribution >= 4 is 34.1 Å². The van der Waals surface area contributed by atoms with E-state index in [9.17, 15) is 19.5 Å². The van der Waals surface area contributed by atoms with Crippen LogP contribution < -0.4 is 11.1 Å². The predicted molar refractivity (Wildman–Crippen MR) is 120 cm³/mol. The highest BCUT2D eigenvalue weighted by Crippen LogP contribution is 2.57. The molecule has 162 valence electrons. The average molecular weight is 439 g/mol. The third-order valence-electron chi connectivity index (χ3n) is 6.51. The fourth-order valence-electron chi connectivity index (χ4n) is 5.40. The van der Waals surface area contributed by atoms with Gasteiger partial charge in [0.2, 0.25) is 5.91 Å². The summed E-state index contributed by atoms with van der Waals surface area (Å²) in [6.45, 7) is 3.97. The summed E-state index contributed by atoms with van der Waals surface area (Å²) in [6.07, 6.45) is 2.24. The van der Waals surface area contributed by atoms with Crippen LogP contribution in [-0.2, 0) is 16.0 Å². The number of nitrogens with one attached hydrogen (secondary N) is 1. The monoisotopic (exact) mass is 438 g/mol. The number of thiophene rings is 1. The van der Waals surface area contributed by atoms with Crippen LogP contribution in [0.1, 0.15) is 47.5 Å². The van der Waals surface area contributed by atoms with Gasteiger partial charge in [0.05, 0.1) is 17.4 Å². The Bertz CT molecular complexity index is 1070. The molecule has 0 unspecified atom stereocenters. The molecule has 4 atom stereocenters. The number of benzene rings is 1. The number of carbonyl (C=O) groups excluding carboxylic acids is 2. The fourth-order valence-corrected chi connectivity index (χ4v) is 6.50. The van der Waals surface area contributed by atoms with E-state index in [2.05, 4.69) is 5.32 Å². The number of anilines is 1. The Morgan fingerprint density at radius 3 is 2.32 bits per heavy atom. The molecule has 2 aromatic rings. The van der Waals surface area contributed by atoms with Crippen LogP contribution in [-0.4, -0.2) is 22.9 Å². The molecule has 2 amide bonds. The van der Waals surface area contributed by atoms with Gasteiger partial charge in [-0.25, -0.2) is 0 Å². The van der Waals surface area contributed by atoms with E-state index in [0.717, 1.165) is 34.4 Å². The Kier molecular flexibility index (Phi) is 5.71. The van der Waals surface area contributed by atoms with E-state index < -0.39 is 23.7 Å². The van der Waals surface area contributed by atoms with E-state index in [1.165, 1.54) is 11.3 Å². The minimum absolute atomic E-state index is 0.0584. The fraction of sp³-hybridized carbons (Fsp3) is 0.375. The molecule has 0 spiro atoms. The molecule has 2 bridgehead atoms. The number of aliphatic carboxylic acids is 1. The lowest BCUT2D eigenvalue weighted by Gasteiger charge is -2.26. The molecule has 2 fully saturated rings. The van der Waals surface area contributed by atoms with E-state index in [-0.39, 0.29) is 23.3 Å². The number of hydrogen-bond donors (Lipinski definition) is 3. The first-order valence-electron chi connectivity index (χ1n) is 10.4. The van der Waals surface area contributed by atoms with E-state index in [4.69, 9.17) is 5.73 Å². The van der Waals surface area contributed by atoms with Crippen LogP contribution in [0.3, 0.4) is 0 Å². The van der Waals surface area contributed by atoms with Crippen molar-refractivity contribution in [2.45, 2.75) is 33.1 Å². The largest absolute Gasteiger partial charge is 0.481 e. The molecule has 6 nitrogen and oxygen atoms in total. The second-order valence-corrected chi connectivity index (χ2v) is 9.74. The van der Waals surface area contributed by atoms with Gasteiger partial charge in [-0.2, -0.15) is 0 Å². The highest BCUT2D eigenvalue weighted by molar-refractivity contribution is 7.16. The van der Waals surface area contributed by atoms with Crippen LogP contribution >= 0.6 is 11.3 Å². The summed E-state index contributed by atoms with van der Waals surface area (Å²) in [5, 5.41) is 13.1. The molecule has 1 aromatic heterocycles. The third-order valence-corrected chi connectivity index (χ3v) is 7.56. The number of carboxylic acids is 1. The molecule has 1 heterocycles. The quantitative estimate of drug-likeness (QED) is 0.591. The number of fused-ring (bicyclic) bond motifs is 2. The van der Waals surface area contributed by atoms with Crippen LogP contribution in [0.4, 0.5) is 5.00 Å². The Morgan fingerprint density at radius 2 is 1.74 bits per heavy atom. The molecule has 2 saturated carbocycles. The molecule has 0 aliphatic heterocycles. The molecular weight excluding hydrogens is 412 g/mol. The summed E-state index contributed by atoms with van der Waals surface area (Å²) in [5.41, 5.74) is 9.15. The van der Waals surface area contributed by atoms with Crippen LogP contribution in [0.2, 0.25) is 0 Å². The van der Waals surface area contributed by atoms with Crippen molar-refractivity contribution in [1.82, 2.24) is 0 Å². The maximum absolute atomic E-state index is 13.3. The van der Waals surface area contributed by atoms with Gasteiger partial charge in [-0.1, -0.05) is 41.5 Å². The lowest BCUT2D eigenvalue weighted by molar-refractivity contribution is -0.148. The standard InChI is InChI=1S/C24H26N2O4S/c1-12(2)18-15-8-9-16(18)20(24(29)30)19(15)22(28)26-23-17(21(25)27)11-14(31-23)10-13-6-4-3-5-7-13/h3-7,11,15-16,19-20H,8-10H2,1-2H3,(H2,25,27)(H,26,28)(H,29,30)/t15-,16-,19+,20-/m1/s1. The van der Waals surface area contributed by atoms with Crippen molar-refractivity contribution < 1.29 is 19.5 Å². The number of nitrogens with two attached hydrogens (primary N) is 1. The van der Waals surface area contributed by atoms with Crippen molar-refractivity contribution in [3.63, 3.8) is 0 Å². The molecule has 2 aliphatic carbocycles. The number of hydrogen-bond acceptors (Lipinski definition) is 4. The average Bonchev–Trinajstić information content (AvgIpc) is 3.40.